The molecule has 3 unspecified atom stereocenters. The fourth-order valence-corrected chi connectivity index (χ4v) is 12.0. The maximum atomic E-state index is 13.0. The molecule has 0 bridgehead atoms. The molecule has 2 N–H and O–H groups in total. The second kappa shape index (κ2) is 10.5. The third-order valence-corrected chi connectivity index (χ3v) is 14.9. The number of aliphatic carboxylic acids is 1. The van der Waals surface area contributed by atoms with Crippen LogP contribution in [0.15, 0.2) is 42.0 Å². The van der Waals surface area contributed by atoms with Crippen LogP contribution in [0.4, 0.5) is 0 Å². The zero-order valence-electron chi connectivity index (χ0n) is 28.0. The molecule has 1 aromatic rings. The minimum Gasteiger partial charge on any atom is -0.508 e. The second-order valence-electron chi connectivity index (χ2n) is 16.8. The average molecular weight is 603 g/mol. The molecule has 5 aliphatic carbocycles. The summed E-state index contributed by atoms with van der Waals surface area (Å²) in [7, 11) is 0. The van der Waals surface area contributed by atoms with Crippen molar-refractivity contribution in [1.29, 1.82) is 0 Å². The first kappa shape index (κ1) is 31.4. The van der Waals surface area contributed by atoms with Crippen LogP contribution >= 0.6 is 0 Å². The van der Waals surface area contributed by atoms with E-state index in [0.717, 1.165) is 63.4 Å². The summed E-state index contributed by atoms with van der Waals surface area (Å²) in [4.78, 5) is 26.0. The third kappa shape index (κ3) is 4.37. The number of ether oxygens (including phenoxy) is 1. The molecule has 0 aliphatic heterocycles. The summed E-state index contributed by atoms with van der Waals surface area (Å²) in [6.45, 7) is 16.9. The SMILES string of the molecule is C[C@@H]1CC[C@]2(C(=O)O)CC[C@]3(C)C(=CCC4[C@@]5(C)CC[C@H](OC(=O)/C=C\c6ccc(O)cc6)C(C)(C)C5CC[C@]43C)C2[C@H]1C. The maximum absolute atomic E-state index is 13.0. The van der Waals surface area contributed by atoms with Gasteiger partial charge in [-0.25, -0.2) is 4.79 Å². The fraction of sp³-hybridized carbons (Fsp3) is 0.692. The number of carboxylic acids is 1. The lowest BCUT2D eigenvalue weighted by Crippen LogP contribution is -2.65. The lowest BCUT2D eigenvalue weighted by molar-refractivity contribution is -0.213. The number of esters is 1. The molecule has 10 atom stereocenters. The van der Waals surface area contributed by atoms with Gasteiger partial charge in [0, 0.05) is 11.5 Å². The third-order valence-electron chi connectivity index (χ3n) is 14.9. The van der Waals surface area contributed by atoms with E-state index in [1.165, 1.54) is 11.6 Å². The van der Waals surface area contributed by atoms with Crippen molar-refractivity contribution >= 4 is 18.0 Å². The number of rotatable bonds is 4. The van der Waals surface area contributed by atoms with E-state index < -0.39 is 11.4 Å². The van der Waals surface area contributed by atoms with Crippen LogP contribution in [0.2, 0.25) is 0 Å². The number of hydrogen-bond acceptors (Lipinski definition) is 4. The first-order valence-electron chi connectivity index (χ1n) is 17.2. The molecule has 0 amide bonds. The number of carboxylic acid groups (broad SMARTS) is 1. The summed E-state index contributed by atoms with van der Waals surface area (Å²) >= 11 is 0. The van der Waals surface area contributed by atoms with E-state index >= 15 is 0 Å². The maximum Gasteiger partial charge on any atom is 0.331 e. The Morgan fingerprint density at radius 3 is 2.27 bits per heavy atom. The normalized spacial score (nSPS) is 44.4. The lowest BCUT2D eigenvalue weighted by atomic mass is 9.33. The van der Waals surface area contributed by atoms with Gasteiger partial charge in [-0.05, 0) is 127 Å². The molecule has 5 nitrogen and oxygen atoms in total. The van der Waals surface area contributed by atoms with Gasteiger partial charge in [-0.3, -0.25) is 4.79 Å². The Kier molecular flexibility index (Phi) is 7.49. The molecule has 5 aliphatic rings. The number of hydrogen-bond donors (Lipinski definition) is 2. The number of phenolic OH excluding ortho intramolecular Hbond substituents is 1. The topological polar surface area (TPSA) is 83.8 Å². The molecule has 1 aromatic carbocycles. The summed E-state index contributed by atoms with van der Waals surface area (Å²) < 4.78 is 6.18. The highest BCUT2D eigenvalue weighted by atomic mass is 16.5. The molecular weight excluding hydrogens is 548 g/mol. The van der Waals surface area contributed by atoms with Gasteiger partial charge in [0.15, 0.2) is 0 Å². The van der Waals surface area contributed by atoms with Crippen molar-refractivity contribution < 1.29 is 24.5 Å². The number of carbonyl (C=O) groups is 2. The first-order chi connectivity index (χ1) is 20.6. The van der Waals surface area contributed by atoms with Gasteiger partial charge in [0.1, 0.15) is 11.9 Å². The zero-order valence-corrected chi connectivity index (χ0v) is 28.0. The molecule has 240 valence electrons. The number of phenols is 1. The molecule has 0 radical (unpaired) electrons. The Balaban J connectivity index is 1.27. The number of fused-ring (bicyclic) bond motifs is 7. The summed E-state index contributed by atoms with van der Waals surface area (Å²) in [5.41, 5.74) is 1.81. The van der Waals surface area contributed by atoms with Gasteiger partial charge in [-0.1, -0.05) is 72.2 Å². The fourth-order valence-electron chi connectivity index (χ4n) is 12.0. The molecule has 0 spiro atoms. The summed E-state index contributed by atoms with van der Waals surface area (Å²) in [6, 6.07) is 6.79. The number of aromatic hydroxyl groups is 1. The van der Waals surface area contributed by atoms with Crippen LogP contribution in [-0.4, -0.2) is 28.3 Å². The van der Waals surface area contributed by atoms with Crippen LogP contribution in [0.5, 0.6) is 5.75 Å². The molecule has 0 heterocycles. The Bertz CT molecular complexity index is 1370. The molecule has 5 heteroatoms. The predicted octanol–water partition coefficient (Wildman–Crippen LogP) is 9.06. The predicted molar refractivity (Wildman–Crippen MR) is 174 cm³/mol. The van der Waals surface area contributed by atoms with E-state index in [1.807, 2.05) is 0 Å². The van der Waals surface area contributed by atoms with Gasteiger partial charge in [-0.15, -0.1) is 0 Å². The molecule has 0 aromatic heterocycles. The minimum atomic E-state index is -0.609. The number of carbonyl (C=O) groups excluding carboxylic acids is 1. The highest BCUT2D eigenvalue weighted by Gasteiger charge is 2.69. The van der Waals surface area contributed by atoms with Crippen molar-refractivity contribution in [3.05, 3.63) is 47.6 Å². The monoisotopic (exact) mass is 602 g/mol. The van der Waals surface area contributed by atoms with Crippen molar-refractivity contribution in [2.75, 3.05) is 0 Å². The smallest absolute Gasteiger partial charge is 0.331 e. The van der Waals surface area contributed by atoms with Crippen LogP contribution in [0.25, 0.3) is 6.08 Å². The summed E-state index contributed by atoms with van der Waals surface area (Å²) in [5, 5.41) is 20.2. The van der Waals surface area contributed by atoms with Gasteiger partial charge in [-0.2, -0.15) is 0 Å². The molecule has 4 saturated carbocycles. The molecule has 44 heavy (non-hydrogen) atoms. The van der Waals surface area contributed by atoms with Gasteiger partial charge >= 0.3 is 11.9 Å². The van der Waals surface area contributed by atoms with Gasteiger partial charge in [0.25, 0.3) is 0 Å². The lowest BCUT2D eigenvalue weighted by Gasteiger charge is -2.71. The van der Waals surface area contributed by atoms with E-state index in [-0.39, 0.29) is 45.4 Å². The van der Waals surface area contributed by atoms with Gasteiger partial charge in [0.2, 0.25) is 0 Å². The minimum absolute atomic E-state index is 0.00527. The highest BCUT2D eigenvalue weighted by molar-refractivity contribution is 5.87. The van der Waals surface area contributed by atoms with Crippen molar-refractivity contribution in [3.63, 3.8) is 0 Å². The van der Waals surface area contributed by atoms with Crippen LogP contribution in [-0.2, 0) is 14.3 Å². The Morgan fingerprint density at radius 2 is 1.59 bits per heavy atom. The Morgan fingerprint density at radius 1 is 0.886 bits per heavy atom. The first-order valence-corrected chi connectivity index (χ1v) is 17.2. The van der Waals surface area contributed by atoms with E-state index in [1.54, 1.807) is 30.3 Å². The van der Waals surface area contributed by atoms with Crippen molar-refractivity contribution in [2.24, 2.45) is 56.7 Å². The van der Waals surface area contributed by atoms with E-state index in [9.17, 15) is 19.8 Å². The number of allylic oxidation sites excluding steroid dienone is 2. The van der Waals surface area contributed by atoms with Crippen LogP contribution < -0.4 is 0 Å². The van der Waals surface area contributed by atoms with Crippen molar-refractivity contribution in [1.82, 2.24) is 0 Å². The highest BCUT2D eigenvalue weighted by Crippen LogP contribution is 2.75. The average Bonchev–Trinajstić information content (AvgIpc) is 2.96. The van der Waals surface area contributed by atoms with Gasteiger partial charge in [0.05, 0.1) is 5.41 Å². The zero-order chi connectivity index (χ0) is 31.9. The Hall–Kier alpha value is -2.56. The van der Waals surface area contributed by atoms with Crippen LogP contribution in [0, 0.1) is 56.7 Å². The Labute approximate surface area is 264 Å². The summed E-state index contributed by atoms with van der Waals surface area (Å²) in [6.07, 6.45) is 14.4. The summed E-state index contributed by atoms with van der Waals surface area (Å²) in [5.74, 6) is 1.34. The van der Waals surface area contributed by atoms with E-state index in [0.29, 0.717) is 23.7 Å². The molecule has 4 fully saturated rings. The molecular formula is C39H54O5. The molecule has 0 saturated heterocycles. The van der Waals surface area contributed by atoms with Crippen molar-refractivity contribution in [3.8, 4) is 5.75 Å². The van der Waals surface area contributed by atoms with E-state index in [2.05, 4.69) is 54.5 Å². The van der Waals surface area contributed by atoms with E-state index in [4.69, 9.17) is 4.74 Å². The standard InChI is InChI=1S/C39H54O5/c1-24-16-21-39(34(42)43)23-22-37(6)28(33(39)25(24)2)13-14-30-36(5)19-18-31(35(3,4)29(36)17-20-38(30,37)7)44-32(41)15-10-26-8-11-27(40)12-9-26/h8-13,15,24-25,29-31,33,40H,14,16-23H2,1-7H3,(H,42,43)/b15-10-/t24-,25+,29?,30?,31+,33?,36+,37-,38-,39+/m1/s1. The van der Waals surface area contributed by atoms with Crippen LogP contribution in [0.3, 0.4) is 0 Å². The quantitative estimate of drug-likeness (QED) is 0.204. The van der Waals surface area contributed by atoms with Crippen LogP contribution in [0.1, 0.15) is 112 Å². The number of benzene rings is 1. The largest absolute Gasteiger partial charge is 0.508 e. The van der Waals surface area contributed by atoms with Crippen molar-refractivity contribution in [2.45, 2.75) is 112 Å². The second-order valence-corrected chi connectivity index (χ2v) is 16.8. The van der Waals surface area contributed by atoms with Gasteiger partial charge < -0.3 is 14.9 Å². The molecule has 6 rings (SSSR count).